The Morgan fingerprint density at radius 3 is 3.00 bits per heavy atom. The summed E-state index contributed by atoms with van der Waals surface area (Å²) < 4.78 is 0. The molecule has 0 atom stereocenters. The molecule has 0 fully saturated rings. The number of benzene rings is 1. The third kappa shape index (κ3) is 2.08. The predicted molar refractivity (Wildman–Crippen MR) is 68.7 cm³/mol. The fraction of sp³-hybridized carbons (Fsp3) is 0.0769. The molecule has 0 aliphatic carbocycles. The van der Waals surface area contributed by atoms with Crippen LogP contribution in [0.1, 0.15) is 5.82 Å². The first kappa shape index (κ1) is 10.4. The summed E-state index contributed by atoms with van der Waals surface area (Å²) in [5.74, 6) is 0.793. The van der Waals surface area contributed by atoms with Crippen LogP contribution >= 0.6 is 0 Å². The van der Waals surface area contributed by atoms with Crippen LogP contribution in [0.2, 0.25) is 0 Å². The summed E-state index contributed by atoms with van der Waals surface area (Å²) in [6.45, 7) is 3.95. The zero-order chi connectivity index (χ0) is 11.4. The van der Waals surface area contributed by atoms with Crippen LogP contribution in [0.5, 0.6) is 0 Å². The van der Waals surface area contributed by atoms with E-state index in [2.05, 4.69) is 21.5 Å². The molecule has 0 aliphatic heterocycles. The molecule has 3 heteroatoms. The Bertz CT molecular complexity index is 528. The van der Waals surface area contributed by atoms with Crippen molar-refractivity contribution in [1.29, 1.82) is 0 Å². The number of aliphatic imine (C=N–C) groups is 1. The quantitative estimate of drug-likeness (QED) is 0.615. The molecule has 0 amide bonds. The third-order valence-electron chi connectivity index (χ3n) is 2.23. The van der Waals surface area contributed by atoms with Crippen molar-refractivity contribution in [3.8, 4) is 0 Å². The van der Waals surface area contributed by atoms with Gasteiger partial charge in [0.2, 0.25) is 0 Å². The Hall–Kier alpha value is -2.16. The van der Waals surface area contributed by atoms with Gasteiger partial charge in [-0.2, -0.15) is 0 Å². The van der Waals surface area contributed by atoms with Crippen molar-refractivity contribution in [3.05, 3.63) is 48.8 Å². The van der Waals surface area contributed by atoms with E-state index in [1.165, 1.54) is 0 Å². The molecule has 80 valence electrons. The second-order valence-corrected chi connectivity index (χ2v) is 3.39. The van der Waals surface area contributed by atoms with E-state index in [4.69, 9.17) is 0 Å². The van der Waals surface area contributed by atoms with Crippen molar-refractivity contribution in [1.82, 2.24) is 9.97 Å². The minimum absolute atomic E-state index is 0.793. The molecular formula is C13H13N3. The third-order valence-corrected chi connectivity index (χ3v) is 2.23. The minimum atomic E-state index is 0.793. The number of imidazole rings is 1. The summed E-state index contributed by atoms with van der Waals surface area (Å²) in [4.78, 5) is 11.5. The van der Waals surface area contributed by atoms with Crippen LogP contribution in [0.15, 0.2) is 48.0 Å². The number of allylic oxidation sites excluding steroid dienone is 3. The van der Waals surface area contributed by atoms with E-state index in [0.717, 1.165) is 22.4 Å². The lowest BCUT2D eigenvalue weighted by Crippen LogP contribution is -1.81. The molecule has 0 radical (unpaired) electrons. The monoisotopic (exact) mass is 211 g/mol. The summed E-state index contributed by atoms with van der Waals surface area (Å²) in [6.07, 6.45) is 5.44. The molecule has 0 saturated carbocycles. The Balaban J connectivity index is 2.30. The molecular weight excluding hydrogens is 198 g/mol. The number of nitrogens with one attached hydrogen (secondary N) is 1. The first-order valence-corrected chi connectivity index (χ1v) is 5.04. The van der Waals surface area contributed by atoms with Crippen LogP contribution in [0.25, 0.3) is 16.6 Å². The smallest absolute Gasteiger partial charge is 0.137 e. The fourth-order valence-corrected chi connectivity index (χ4v) is 1.43. The Morgan fingerprint density at radius 1 is 1.44 bits per heavy atom. The standard InChI is InChI=1S/C13H13N3/c1-10(6-5-9-14-2)13-15-11-7-3-4-8-12(11)16-13/h3-9H,1H2,2H3,(H,15,16)/b6-5-,14-9?. The molecule has 0 bridgehead atoms. The van der Waals surface area contributed by atoms with Gasteiger partial charge in [-0.1, -0.05) is 24.8 Å². The van der Waals surface area contributed by atoms with E-state index in [-0.39, 0.29) is 0 Å². The SMILES string of the molecule is C=C(/C=C\C=NC)c1nc2ccccc2[nH]1. The van der Waals surface area contributed by atoms with Crippen molar-refractivity contribution < 1.29 is 0 Å². The second-order valence-electron chi connectivity index (χ2n) is 3.39. The van der Waals surface area contributed by atoms with Gasteiger partial charge in [-0.25, -0.2) is 4.98 Å². The fourth-order valence-electron chi connectivity index (χ4n) is 1.43. The first-order chi connectivity index (χ1) is 7.81. The number of rotatable bonds is 3. The number of aromatic amines is 1. The maximum absolute atomic E-state index is 4.44. The summed E-state index contributed by atoms with van der Waals surface area (Å²) in [5.41, 5.74) is 2.82. The van der Waals surface area contributed by atoms with Gasteiger partial charge in [-0.3, -0.25) is 4.99 Å². The first-order valence-electron chi connectivity index (χ1n) is 5.04. The molecule has 1 aromatic carbocycles. The Morgan fingerprint density at radius 2 is 2.25 bits per heavy atom. The number of nitrogens with zero attached hydrogens (tertiary/aromatic N) is 2. The molecule has 2 rings (SSSR count). The molecule has 1 heterocycles. The van der Waals surface area contributed by atoms with E-state index in [9.17, 15) is 0 Å². The van der Waals surface area contributed by atoms with Crippen LogP contribution in [-0.2, 0) is 0 Å². The van der Waals surface area contributed by atoms with E-state index in [1.807, 2.05) is 36.4 Å². The average Bonchev–Trinajstić information content (AvgIpc) is 2.73. The molecule has 2 aromatic rings. The van der Waals surface area contributed by atoms with Crippen LogP contribution in [0.4, 0.5) is 0 Å². The van der Waals surface area contributed by atoms with E-state index >= 15 is 0 Å². The Kier molecular flexibility index (Phi) is 2.96. The lowest BCUT2D eigenvalue weighted by Gasteiger charge is -1.91. The molecule has 0 saturated heterocycles. The maximum Gasteiger partial charge on any atom is 0.137 e. The van der Waals surface area contributed by atoms with E-state index in [0.29, 0.717) is 0 Å². The van der Waals surface area contributed by atoms with Gasteiger partial charge in [0.1, 0.15) is 5.82 Å². The number of hydrogen-bond acceptors (Lipinski definition) is 2. The van der Waals surface area contributed by atoms with Crippen molar-refractivity contribution in [2.24, 2.45) is 4.99 Å². The highest BCUT2D eigenvalue weighted by molar-refractivity contribution is 5.82. The maximum atomic E-state index is 4.44. The van der Waals surface area contributed by atoms with Gasteiger partial charge in [0.15, 0.2) is 0 Å². The zero-order valence-corrected chi connectivity index (χ0v) is 9.14. The highest BCUT2D eigenvalue weighted by atomic mass is 14.9. The van der Waals surface area contributed by atoms with E-state index in [1.54, 1.807) is 13.3 Å². The molecule has 0 unspecified atom stereocenters. The topological polar surface area (TPSA) is 41.0 Å². The van der Waals surface area contributed by atoms with E-state index < -0.39 is 0 Å². The number of hydrogen-bond donors (Lipinski definition) is 1. The second kappa shape index (κ2) is 4.57. The van der Waals surface area contributed by atoms with Gasteiger partial charge in [-0.05, 0) is 18.2 Å². The summed E-state index contributed by atoms with van der Waals surface area (Å²) in [6, 6.07) is 7.91. The number of para-hydroxylation sites is 2. The molecule has 1 aromatic heterocycles. The molecule has 1 N–H and O–H groups in total. The van der Waals surface area contributed by atoms with Crippen LogP contribution in [0, 0.1) is 0 Å². The van der Waals surface area contributed by atoms with Gasteiger partial charge in [0.25, 0.3) is 0 Å². The lowest BCUT2D eigenvalue weighted by atomic mass is 10.2. The Labute approximate surface area is 94.2 Å². The summed E-state index contributed by atoms with van der Waals surface area (Å²) in [5, 5.41) is 0. The molecule has 16 heavy (non-hydrogen) atoms. The lowest BCUT2D eigenvalue weighted by molar-refractivity contribution is 1.27. The number of aromatic nitrogens is 2. The van der Waals surface area contributed by atoms with Crippen molar-refractivity contribution >= 4 is 22.8 Å². The number of fused-ring (bicyclic) bond motifs is 1. The predicted octanol–water partition coefficient (Wildman–Crippen LogP) is 2.83. The molecule has 3 nitrogen and oxygen atoms in total. The minimum Gasteiger partial charge on any atom is -0.338 e. The average molecular weight is 211 g/mol. The van der Waals surface area contributed by atoms with Gasteiger partial charge in [0, 0.05) is 18.8 Å². The van der Waals surface area contributed by atoms with Crippen molar-refractivity contribution in [3.63, 3.8) is 0 Å². The van der Waals surface area contributed by atoms with Gasteiger partial charge in [0.05, 0.1) is 11.0 Å². The van der Waals surface area contributed by atoms with Crippen molar-refractivity contribution in [2.75, 3.05) is 7.05 Å². The summed E-state index contributed by atoms with van der Waals surface area (Å²) >= 11 is 0. The highest BCUT2D eigenvalue weighted by Gasteiger charge is 2.02. The molecule has 0 spiro atoms. The van der Waals surface area contributed by atoms with Crippen LogP contribution < -0.4 is 0 Å². The van der Waals surface area contributed by atoms with Gasteiger partial charge < -0.3 is 4.98 Å². The van der Waals surface area contributed by atoms with Crippen molar-refractivity contribution in [2.45, 2.75) is 0 Å². The molecule has 0 aliphatic rings. The number of H-pyrrole nitrogens is 1. The van der Waals surface area contributed by atoms with Gasteiger partial charge >= 0.3 is 0 Å². The van der Waals surface area contributed by atoms with Crippen LogP contribution in [-0.4, -0.2) is 23.2 Å². The normalized spacial score (nSPS) is 11.8. The largest absolute Gasteiger partial charge is 0.338 e. The highest BCUT2D eigenvalue weighted by Crippen LogP contribution is 2.15. The zero-order valence-electron chi connectivity index (χ0n) is 9.14. The summed E-state index contributed by atoms with van der Waals surface area (Å²) in [7, 11) is 1.73. The van der Waals surface area contributed by atoms with Gasteiger partial charge in [-0.15, -0.1) is 0 Å². The van der Waals surface area contributed by atoms with Crippen LogP contribution in [0.3, 0.4) is 0 Å².